The molecule has 0 saturated heterocycles. The van der Waals surface area contributed by atoms with Gasteiger partial charge in [0.25, 0.3) is 5.91 Å². The Balaban J connectivity index is 1.32. The molecule has 6 heteroatoms. The smallest absolute Gasteiger partial charge is 0.271 e. The van der Waals surface area contributed by atoms with Gasteiger partial charge in [0.05, 0.1) is 16.9 Å². The van der Waals surface area contributed by atoms with Gasteiger partial charge in [-0.1, -0.05) is 78.9 Å². The van der Waals surface area contributed by atoms with E-state index < -0.39 is 0 Å². The number of fused-ring (bicyclic) bond motifs is 2. The Hall–Kier alpha value is -3.91. The molecule has 0 fully saturated rings. The maximum absolute atomic E-state index is 12.7. The van der Waals surface area contributed by atoms with Crippen molar-refractivity contribution < 1.29 is 14.3 Å². The summed E-state index contributed by atoms with van der Waals surface area (Å²) in [4.78, 5) is 12.7. The maximum Gasteiger partial charge on any atom is 0.271 e. The van der Waals surface area contributed by atoms with E-state index >= 15 is 0 Å². The molecular weight excluding hydrogens is 563 g/mol. The van der Waals surface area contributed by atoms with Crippen LogP contribution in [-0.4, -0.2) is 19.2 Å². The lowest BCUT2D eigenvalue weighted by atomic mass is 10.0. The van der Waals surface area contributed by atoms with Gasteiger partial charge in [0.1, 0.15) is 6.61 Å². The summed E-state index contributed by atoms with van der Waals surface area (Å²) in [6, 6.07) is 31.7. The van der Waals surface area contributed by atoms with Crippen LogP contribution in [0.2, 0.25) is 0 Å². The molecule has 5 aromatic carbocycles. The van der Waals surface area contributed by atoms with Crippen LogP contribution in [-0.2, 0) is 6.61 Å². The molecule has 36 heavy (non-hydrogen) atoms. The highest BCUT2D eigenvalue weighted by Crippen LogP contribution is 2.34. The van der Waals surface area contributed by atoms with Crippen molar-refractivity contribution in [2.45, 2.75) is 6.61 Å². The van der Waals surface area contributed by atoms with Crippen LogP contribution in [0.4, 0.5) is 0 Å². The highest BCUT2D eigenvalue weighted by Gasteiger charge is 2.13. The van der Waals surface area contributed by atoms with E-state index in [0.717, 1.165) is 25.5 Å². The van der Waals surface area contributed by atoms with Crippen molar-refractivity contribution in [3.8, 4) is 11.5 Å². The summed E-state index contributed by atoms with van der Waals surface area (Å²) >= 11 is 2.23. The van der Waals surface area contributed by atoms with Crippen LogP contribution >= 0.6 is 22.6 Å². The van der Waals surface area contributed by atoms with Crippen molar-refractivity contribution in [3.05, 3.63) is 117 Å². The lowest BCUT2D eigenvalue weighted by Gasteiger charge is -2.14. The quantitative estimate of drug-likeness (QED) is 0.128. The maximum atomic E-state index is 12.7. The molecule has 1 N–H and O–H groups in total. The number of amides is 1. The molecule has 5 rings (SSSR count). The van der Waals surface area contributed by atoms with Gasteiger partial charge in [-0.3, -0.25) is 4.79 Å². The van der Waals surface area contributed by atoms with Gasteiger partial charge < -0.3 is 9.47 Å². The third-order valence-electron chi connectivity index (χ3n) is 5.92. The third kappa shape index (κ3) is 5.04. The van der Waals surface area contributed by atoms with Gasteiger partial charge in [0.15, 0.2) is 11.5 Å². The number of benzene rings is 5. The molecule has 0 bridgehead atoms. The summed E-state index contributed by atoms with van der Waals surface area (Å²) in [5, 5.41) is 8.41. The van der Waals surface area contributed by atoms with Crippen molar-refractivity contribution in [3.63, 3.8) is 0 Å². The second-order valence-electron chi connectivity index (χ2n) is 8.19. The Labute approximate surface area is 222 Å². The number of halogens is 1. The fraction of sp³-hybridized carbons (Fsp3) is 0.0667. The molecule has 5 nitrogen and oxygen atoms in total. The molecule has 0 aliphatic rings. The van der Waals surface area contributed by atoms with Gasteiger partial charge in [-0.15, -0.1) is 0 Å². The minimum Gasteiger partial charge on any atom is -0.493 e. The molecule has 5 aromatic rings. The molecular formula is C30H23IN2O3. The number of hydrogen-bond donors (Lipinski definition) is 1. The molecule has 1 amide bonds. The summed E-state index contributed by atoms with van der Waals surface area (Å²) < 4.78 is 12.7. The fourth-order valence-corrected chi connectivity index (χ4v) is 4.95. The first-order valence-corrected chi connectivity index (χ1v) is 12.5. The highest BCUT2D eigenvalue weighted by atomic mass is 127. The minimum atomic E-state index is -0.264. The first kappa shape index (κ1) is 23.8. The minimum absolute atomic E-state index is 0.264. The van der Waals surface area contributed by atoms with Crippen molar-refractivity contribution in [2.24, 2.45) is 5.10 Å². The normalized spacial score (nSPS) is 11.2. The zero-order valence-corrected chi connectivity index (χ0v) is 21.7. The first-order chi connectivity index (χ1) is 17.6. The second-order valence-corrected chi connectivity index (χ2v) is 9.35. The molecule has 0 unspecified atom stereocenters. The van der Waals surface area contributed by atoms with E-state index in [4.69, 9.17) is 9.47 Å². The van der Waals surface area contributed by atoms with Crippen molar-refractivity contribution in [2.75, 3.05) is 7.11 Å². The fourth-order valence-electron chi connectivity index (χ4n) is 4.17. The molecule has 0 aliphatic heterocycles. The molecule has 0 atom stereocenters. The predicted molar refractivity (Wildman–Crippen MR) is 153 cm³/mol. The van der Waals surface area contributed by atoms with E-state index in [1.807, 2.05) is 66.7 Å². The van der Waals surface area contributed by atoms with E-state index in [-0.39, 0.29) is 5.91 Å². The molecule has 0 spiro atoms. The number of methoxy groups -OCH3 is 1. The average molecular weight is 586 g/mol. The SMILES string of the molecule is COc1cc(/C=N\NC(=O)c2cccc3ccccc23)cc(I)c1OCc1cccc2ccccc12. The van der Waals surface area contributed by atoms with Crippen LogP contribution in [0.1, 0.15) is 21.5 Å². The Morgan fingerprint density at radius 1 is 0.889 bits per heavy atom. The van der Waals surface area contributed by atoms with E-state index in [1.54, 1.807) is 19.4 Å². The molecule has 178 valence electrons. The van der Waals surface area contributed by atoms with Crippen molar-refractivity contribution in [1.82, 2.24) is 5.43 Å². The Morgan fingerprint density at radius 3 is 2.33 bits per heavy atom. The average Bonchev–Trinajstić information content (AvgIpc) is 2.91. The second kappa shape index (κ2) is 10.8. The number of ether oxygens (including phenoxy) is 2. The highest BCUT2D eigenvalue weighted by molar-refractivity contribution is 14.1. The Morgan fingerprint density at radius 2 is 1.56 bits per heavy atom. The number of carbonyl (C=O) groups excluding carboxylic acids is 1. The van der Waals surface area contributed by atoms with Gasteiger partial charge in [-0.25, -0.2) is 5.43 Å². The number of nitrogens with one attached hydrogen (secondary N) is 1. The van der Waals surface area contributed by atoms with Crippen LogP contribution in [0.3, 0.4) is 0 Å². The number of hydrogen-bond acceptors (Lipinski definition) is 4. The van der Waals surface area contributed by atoms with Crippen LogP contribution in [0.5, 0.6) is 11.5 Å². The first-order valence-electron chi connectivity index (χ1n) is 11.4. The largest absolute Gasteiger partial charge is 0.493 e. The third-order valence-corrected chi connectivity index (χ3v) is 6.72. The van der Waals surface area contributed by atoms with Gasteiger partial charge in [0, 0.05) is 5.56 Å². The number of rotatable bonds is 7. The summed E-state index contributed by atoms with van der Waals surface area (Å²) in [7, 11) is 1.61. The summed E-state index contributed by atoms with van der Waals surface area (Å²) in [5.41, 5.74) is 5.10. The van der Waals surface area contributed by atoms with Crippen LogP contribution in [0.25, 0.3) is 21.5 Å². The van der Waals surface area contributed by atoms with Crippen LogP contribution < -0.4 is 14.9 Å². The van der Waals surface area contributed by atoms with Gasteiger partial charge in [-0.2, -0.15) is 5.10 Å². The number of hydrazone groups is 1. The standard InChI is InChI=1S/C30H23IN2O3/c1-35-28-17-20(18-32-33-30(34)26-15-7-11-22-9-3-5-14-25(22)26)16-27(31)29(28)36-19-23-12-6-10-21-8-2-4-13-24(21)23/h2-18H,19H2,1H3,(H,33,34)/b32-18-. The van der Waals surface area contributed by atoms with E-state index in [2.05, 4.69) is 57.4 Å². The molecule has 0 radical (unpaired) electrons. The van der Waals surface area contributed by atoms with E-state index in [1.165, 1.54) is 10.8 Å². The predicted octanol–water partition coefficient (Wildman–Crippen LogP) is 6.95. The van der Waals surface area contributed by atoms with E-state index in [9.17, 15) is 4.79 Å². The lowest BCUT2D eigenvalue weighted by Crippen LogP contribution is -2.17. The summed E-state index contributed by atoms with van der Waals surface area (Å²) in [5.74, 6) is 1.01. The number of nitrogens with zero attached hydrogens (tertiary/aromatic N) is 1. The summed E-state index contributed by atoms with van der Waals surface area (Å²) in [6.45, 7) is 0.419. The molecule has 0 aromatic heterocycles. The van der Waals surface area contributed by atoms with Gasteiger partial charge >= 0.3 is 0 Å². The Bertz CT molecular complexity index is 1590. The molecule has 0 heterocycles. The molecule has 0 saturated carbocycles. The Kier molecular flexibility index (Phi) is 7.13. The number of carbonyl (C=O) groups is 1. The van der Waals surface area contributed by atoms with Crippen LogP contribution in [0.15, 0.2) is 102 Å². The van der Waals surface area contributed by atoms with Gasteiger partial charge in [0.2, 0.25) is 0 Å². The zero-order valence-electron chi connectivity index (χ0n) is 19.6. The van der Waals surface area contributed by atoms with Crippen molar-refractivity contribution in [1.29, 1.82) is 0 Å². The van der Waals surface area contributed by atoms with Crippen molar-refractivity contribution >= 4 is 56.3 Å². The van der Waals surface area contributed by atoms with Crippen LogP contribution in [0, 0.1) is 3.57 Å². The monoisotopic (exact) mass is 586 g/mol. The van der Waals surface area contributed by atoms with E-state index in [0.29, 0.717) is 23.7 Å². The lowest BCUT2D eigenvalue weighted by molar-refractivity contribution is 0.0957. The topological polar surface area (TPSA) is 59.9 Å². The van der Waals surface area contributed by atoms with Gasteiger partial charge in [-0.05, 0) is 73.5 Å². The summed E-state index contributed by atoms with van der Waals surface area (Å²) in [6.07, 6.45) is 1.60. The zero-order chi connectivity index (χ0) is 24.9. The molecule has 0 aliphatic carbocycles.